The molecule has 0 bridgehead atoms. The molecule has 3 amide bonds. The molecule has 2 aromatic rings. The minimum atomic E-state index is -1.65. The summed E-state index contributed by atoms with van der Waals surface area (Å²) in [6, 6.07) is 7.55. The normalized spacial score (nSPS) is 30.5. The molecule has 0 unspecified atom stereocenters. The van der Waals surface area contributed by atoms with E-state index in [1.807, 2.05) is 0 Å². The van der Waals surface area contributed by atoms with Gasteiger partial charge in [-0.3, -0.25) is 28.5 Å². The molecule has 4 aliphatic heterocycles. The summed E-state index contributed by atoms with van der Waals surface area (Å²) < 4.78 is 56.1. The Labute approximate surface area is 286 Å². The van der Waals surface area contributed by atoms with Gasteiger partial charge in [0.2, 0.25) is 17.7 Å². The number of halogens is 5. The first-order valence-corrected chi connectivity index (χ1v) is 17.1. The van der Waals surface area contributed by atoms with Gasteiger partial charge in [0.25, 0.3) is 0 Å². The third-order valence-electron chi connectivity index (χ3n) is 11.0. The Bertz CT molecular complexity index is 1610. The molecule has 0 aromatic heterocycles. The molecule has 2 aromatic carbocycles. The van der Waals surface area contributed by atoms with Gasteiger partial charge in [-0.05, 0) is 67.9 Å². The molecule has 5 atom stereocenters. The summed E-state index contributed by atoms with van der Waals surface area (Å²) in [7, 11) is 0. The van der Waals surface area contributed by atoms with Crippen LogP contribution < -0.4 is 21.3 Å². The second-order valence-corrected chi connectivity index (χ2v) is 14.7. The highest BCUT2D eigenvalue weighted by Gasteiger charge is 2.78. The predicted octanol–water partition coefficient (Wildman–Crippen LogP) is 4.50. The molecule has 4 fully saturated rings. The molecule has 7 rings (SSSR count). The van der Waals surface area contributed by atoms with Crippen LogP contribution >= 0.6 is 23.2 Å². The van der Waals surface area contributed by atoms with E-state index in [9.17, 15) is 23.2 Å². The lowest BCUT2D eigenvalue weighted by Gasteiger charge is -2.59. The molecule has 1 aliphatic carbocycles. The summed E-state index contributed by atoms with van der Waals surface area (Å²) in [6.45, 7) is -0.689. The summed E-state index contributed by atoms with van der Waals surface area (Å²) in [4.78, 5) is 41.6. The van der Waals surface area contributed by atoms with Gasteiger partial charge < -0.3 is 25.4 Å². The van der Waals surface area contributed by atoms with Gasteiger partial charge >= 0.3 is 0 Å². The lowest BCUT2D eigenvalue weighted by molar-refractivity contribution is -0.138. The molecule has 1 saturated carbocycles. The Morgan fingerprint density at radius 2 is 1.69 bits per heavy atom. The van der Waals surface area contributed by atoms with Crippen molar-refractivity contribution in [2.24, 2.45) is 5.41 Å². The number of amides is 3. The number of ether oxygens (including phenoxy) is 2. The third-order valence-corrected chi connectivity index (χ3v) is 11.5. The zero-order valence-electron chi connectivity index (χ0n) is 26.1. The van der Waals surface area contributed by atoms with Gasteiger partial charge in [-0.2, -0.15) is 0 Å². The van der Waals surface area contributed by atoms with Crippen LogP contribution in [0.25, 0.3) is 0 Å². The first-order chi connectivity index (χ1) is 23.1. The maximum Gasteiger partial charge on any atom is 0.249 e. The van der Waals surface area contributed by atoms with Crippen molar-refractivity contribution in [2.75, 3.05) is 38.5 Å². The fourth-order valence-electron chi connectivity index (χ4n) is 8.86. The van der Waals surface area contributed by atoms with E-state index in [1.165, 1.54) is 12.1 Å². The molecule has 3 saturated heterocycles. The van der Waals surface area contributed by atoms with Crippen LogP contribution in [-0.2, 0) is 29.3 Å². The molecule has 2 spiro atoms. The maximum absolute atomic E-state index is 16.1. The molecule has 4 N–H and O–H groups in total. The predicted molar refractivity (Wildman–Crippen MR) is 172 cm³/mol. The Kier molecular flexibility index (Phi) is 8.94. The van der Waals surface area contributed by atoms with Crippen molar-refractivity contribution in [1.29, 1.82) is 0 Å². The molecule has 14 heteroatoms. The van der Waals surface area contributed by atoms with Gasteiger partial charge in [0.1, 0.15) is 17.3 Å². The zero-order valence-corrected chi connectivity index (χ0v) is 27.6. The summed E-state index contributed by atoms with van der Waals surface area (Å²) in [5, 5.41) is 12.4. The molecule has 4 heterocycles. The highest BCUT2D eigenvalue weighted by Crippen LogP contribution is 2.68. The van der Waals surface area contributed by atoms with Gasteiger partial charge in [-0.25, -0.2) is 4.39 Å². The second-order valence-electron chi connectivity index (χ2n) is 13.9. The van der Waals surface area contributed by atoms with Gasteiger partial charge in [-0.15, -0.1) is 0 Å². The minimum absolute atomic E-state index is 0.0210. The molecular weight excluding hydrogens is 672 g/mol. The number of alkyl halides is 2. The summed E-state index contributed by atoms with van der Waals surface area (Å²) in [5.74, 6) is -3.24. The Morgan fingerprint density at radius 1 is 0.958 bits per heavy atom. The largest absolute Gasteiger partial charge is 0.381 e. The maximum atomic E-state index is 16.1. The molecule has 5 aliphatic rings. The van der Waals surface area contributed by atoms with Crippen LogP contribution in [0.5, 0.6) is 0 Å². The fraction of sp³-hybridized carbons (Fsp3) is 0.559. The van der Waals surface area contributed by atoms with E-state index in [1.54, 1.807) is 24.3 Å². The van der Waals surface area contributed by atoms with E-state index < -0.39 is 71.5 Å². The average molecular weight is 710 g/mol. The number of carbonyl (C=O) groups is 3. The van der Waals surface area contributed by atoms with Gasteiger partial charge in [0.15, 0.2) is 0 Å². The summed E-state index contributed by atoms with van der Waals surface area (Å²) >= 11 is 12.6. The lowest BCUT2D eigenvalue weighted by atomic mass is 9.46. The van der Waals surface area contributed by atoms with Crippen molar-refractivity contribution in [1.82, 2.24) is 16.0 Å². The minimum Gasteiger partial charge on any atom is -0.381 e. The Morgan fingerprint density at radius 3 is 2.38 bits per heavy atom. The molecule has 258 valence electrons. The van der Waals surface area contributed by atoms with E-state index in [0.717, 1.165) is 12.8 Å². The van der Waals surface area contributed by atoms with E-state index in [4.69, 9.17) is 32.7 Å². The summed E-state index contributed by atoms with van der Waals surface area (Å²) in [6.07, 6.45) is 1.38. The van der Waals surface area contributed by atoms with Crippen LogP contribution in [0.2, 0.25) is 10.0 Å². The molecular formula is C34H37Cl2F3N4O5. The van der Waals surface area contributed by atoms with Crippen LogP contribution in [0.4, 0.5) is 18.9 Å². The smallest absolute Gasteiger partial charge is 0.249 e. The Balaban J connectivity index is 1.21. The van der Waals surface area contributed by atoms with Gasteiger partial charge in [0, 0.05) is 46.8 Å². The number of fused-ring (bicyclic) bond motifs is 3. The zero-order chi connectivity index (χ0) is 33.8. The number of anilines is 1. The first kappa shape index (κ1) is 33.6. The van der Waals surface area contributed by atoms with Crippen molar-refractivity contribution < 1.29 is 37.0 Å². The number of rotatable bonds is 7. The van der Waals surface area contributed by atoms with Crippen molar-refractivity contribution >= 4 is 46.6 Å². The van der Waals surface area contributed by atoms with E-state index >= 15 is 4.39 Å². The molecule has 0 radical (unpaired) electrons. The standard InChI is InChI=1S/C34H37Cl2F3N4O5/c35-18-4-6-22-24(12-18)42-31(46)34(22)26(21-2-1-3-23(36)27(21)39)28(43-33(34)14-32(15-33,16-37)17-38)30(45)41-20-5-7-25(48-13-20)29(44)40-19-8-10-47-11-9-19/h1-4,6,12,19-20,25-26,28,43H,5,7-11,13-17H2,(H,40,44)(H,41,45)(H,42,46)/t20-,25+,26+,28-,34-/m1/s1. The first-order valence-electron chi connectivity index (χ1n) is 16.3. The number of nitrogens with one attached hydrogen (secondary N) is 4. The van der Waals surface area contributed by atoms with E-state index in [0.29, 0.717) is 42.3 Å². The van der Waals surface area contributed by atoms with Crippen LogP contribution in [0.15, 0.2) is 36.4 Å². The summed E-state index contributed by atoms with van der Waals surface area (Å²) in [5.41, 5.74) is -3.47. The van der Waals surface area contributed by atoms with Gasteiger partial charge in [0.05, 0.1) is 37.1 Å². The molecule has 48 heavy (non-hydrogen) atoms. The highest BCUT2D eigenvalue weighted by atomic mass is 35.5. The second kappa shape index (κ2) is 12.8. The average Bonchev–Trinajstić information content (AvgIpc) is 3.54. The molecule has 9 nitrogen and oxygen atoms in total. The van der Waals surface area contributed by atoms with Crippen LogP contribution in [0.1, 0.15) is 55.6 Å². The monoisotopic (exact) mass is 708 g/mol. The highest BCUT2D eigenvalue weighted by molar-refractivity contribution is 6.31. The van der Waals surface area contributed by atoms with Crippen LogP contribution in [-0.4, -0.2) is 80.7 Å². The number of hydrogen-bond acceptors (Lipinski definition) is 6. The SMILES string of the molecule is O=C(NC1CCOCC1)[C@@H]1CC[C@@H](NC(=O)[C@@H]2NC3(CC(CF)(CF)C3)[C@@]3(C(=O)Nc4cc(Cl)ccc43)[C@H]2c2cccc(Cl)c2F)CO1. The van der Waals surface area contributed by atoms with E-state index in [-0.39, 0.29) is 42.0 Å². The third kappa shape index (κ3) is 5.30. The van der Waals surface area contributed by atoms with Crippen molar-refractivity contribution in [2.45, 2.75) is 79.6 Å². The Hall–Kier alpha value is -2.90. The van der Waals surface area contributed by atoms with Crippen molar-refractivity contribution in [3.63, 3.8) is 0 Å². The van der Waals surface area contributed by atoms with Crippen LogP contribution in [0, 0.1) is 11.2 Å². The van der Waals surface area contributed by atoms with E-state index in [2.05, 4.69) is 21.3 Å². The number of hydrogen-bond donors (Lipinski definition) is 4. The topological polar surface area (TPSA) is 118 Å². The fourth-order valence-corrected chi connectivity index (χ4v) is 9.21. The van der Waals surface area contributed by atoms with Gasteiger partial charge in [-0.1, -0.05) is 41.4 Å². The van der Waals surface area contributed by atoms with Crippen molar-refractivity contribution in [3.05, 3.63) is 63.4 Å². The van der Waals surface area contributed by atoms with Crippen molar-refractivity contribution in [3.8, 4) is 0 Å². The number of carbonyl (C=O) groups excluding carboxylic acids is 3. The lowest BCUT2D eigenvalue weighted by Crippen LogP contribution is -2.70. The quantitative estimate of drug-likeness (QED) is 0.337. The number of benzene rings is 2. The van der Waals surface area contributed by atoms with Crippen LogP contribution in [0.3, 0.4) is 0 Å².